The van der Waals surface area contributed by atoms with E-state index in [4.69, 9.17) is 26.8 Å². The van der Waals surface area contributed by atoms with Gasteiger partial charge in [0.25, 0.3) is 5.91 Å². The number of likely N-dealkylation sites (tertiary alicyclic amines) is 3. The lowest BCUT2D eigenvalue weighted by Crippen LogP contribution is -2.56. The molecule has 0 radical (unpaired) electrons. The van der Waals surface area contributed by atoms with Crippen LogP contribution in [-0.4, -0.2) is 127 Å². The van der Waals surface area contributed by atoms with E-state index in [1.165, 1.54) is 11.0 Å². The highest BCUT2D eigenvalue weighted by Crippen LogP contribution is 2.38. The number of para-hydroxylation sites is 1. The summed E-state index contributed by atoms with van der Waals surface area (Å²) in [7, 11) is 1.84. The topological polar surface area (TPSA) is 150 Å². The maximum absolute atomic E-state index is 14.2. The summed E-state index contributed by atoms with van der Waals surface area (Å²) < 4.78 is 53.2. The number of rotatable bonds is 11. The van der Waals surface area contributed by atoms with Gasteiger partial charge in [0, 0.05) is 56.9 Å². The zero-order valence-electron chi connectivity index (χ0n) is 32.3. The molecule has 4 aliphatic rings. The van der Waals surface area contributed by atoms with Crippen LogP contribution < -0.4 is 16.4 Å². The normalized spacial score (nSPS) is 20.7. The van der Waals surface area contributed by atoms with E-state index < -0.39 is 35.5 Å². The van der Waals surface area contributed by atoms with E-state index in [9.17, 15) is 32.3 Å². The summed E-state index contributed by atoms with van der Waals surface area (Å²) >= 11 is 6.15. The molecule has 4 aliphatic heterocycles. The van der Waals surface area contributed by atoms with Crippen molar-refractivity contribution >= 4 is 47.0 Å². The van der Waals surface area contributed by atoms with Crippen LogP contribution >= 0.6 is 11.6 Å². The number of hydrogen-bond acceptors (Lipinski definition) is 9. The number of hydrogen-bond donors (Lipinski definition) is 3. The van der Waals surface area contributed by atoms with Crippen LogP contribution in [0.3, 0.4) is 0 Å². The Hall–Kier alpha value is -4.28. The quantitative estimate of drug-likeness (QED) is 0.151. The molecule has 6 rings (SSSR count). The molecule has 312 valence electrons. The number of fused-ring (bicyclic) bond motifs is 1. The lowest BCUT2D eigenvalue weighted by Gasteiger charge is -2.44. The van der Waals surface area contributed by atoms with Crippen molar-refractivity contribution in [3.63, 3.8) is 0 Å². The van der Waals surface area contributed by atoms with Crippen LogP contribution in [0.2, 0.25) is 5.02 Å². The number of halogens is 4. The SMILES string of the molecule is CNCCCOC(=O)[C@@H]1CCCCN1C1CCN(C(=O)[C@@H](Cc2cc(Cl)c(N)c(C(F)(F)F)c2)OC(=O)N2CCC(N3CCc4ccccc4NC3=O)CC2)CC1. The number of benzene rings is 2. The average molecular weight is 820 g/mol. The summed E-state index contributed by atoms with van der Waals surface area (Å²) in [5, 5.41) is 5.70. The Morgan fingerprint density at radius 2 is 1.67 bits per heavy atom. The third-order valence-electron chi connectivity index (χ3n) is 11.6. The second-order valence-electron chi connectivity index (χ2n) is 15.3. The van der Waals surface area contributed by atoms with Crippen molar-refractivity contribution in [2.45, 2.75) is 94.6 Å². The van der Waals surface area contributed by atoms with Crippen molar-refractivity contribution in [1.29, 1.82) is 0 Å². The summed E-state index contributed by atoms with van der Waals surface area (Å²) in [5.74, 6) is -0.765. The van der Waals surface area contributed by atoms with Crippen molar-refractivity contribution < 1.29 is 41.8 Å². The molecular weight excluding hydrogens is 767 g/mol. The van der Waals surface area contributed by atoms with Crippen LogP contribution in [-0.2, 0) is 38.1 Å². The molecule has 2 aromatic carbocycles. The minimum atomic E-state index is -4.80. The van der Waals surface area contributed by atoms with E-state index in [1.54, 1.807) is 9.80 Å². The van der Waals surface area contributed by atoms with E-state index in [0.29, 0.717) is 71.2 Å². The van der Waals surface area contributed by atoms with Crippen LogP contribution in [0.4, 0.5) is 34.1 Å². The molecule has 4 N–H and O–H groups in total. The van der Waals surface area contributed by atoms with Crippen LogP contribution in [0.5, 0.6) is 0 Å². The number of ether oxygens (including phenoxy) is 2. The van der Waals surface area contributed by atoms with Crippen molar-refractivity contribution in [1.82, 2.24) is 24.9 Å². The van der Waals surface area contributed by atoms with Crippen molar-refractivity contribution in [3.8, 4) is 0 Å². The summed E-state index contributed by atoms with van der Waals surface area (Å²) in [4.78, 5) is 61.2. The average Bonchev–Trinajstić information content (AvgIpc) is 3.37. The number of nitrogens with zero attached hydrogens (tertiary/aromatic N) is 4. The van der Waals surface area contributed by atoms with Crippen LogP contribution in [0.1, 0.15) is 68.1 Å². The molecule has 13 nitrogen and oxygen atoms in total. The molecule has 0 saturated carbocycles. The summed E-state index contributed by atoms with van der Waals surface area (Å²) in [6, 6.07) is 9.09. The van der Waals surface area contributed by atoms with Gasteiger partial charge < -0.3 is 40.5 Å². The first-order chi connectivity index (χ1) is 27.3. The van der Waals surface area contributed by atoms with E-state index >= 15 is 0 Å². The Labute approximate surface area is 336 Å². The Balaban J connectivity index is 1.11. The fourth-order valence-electron chi connectivity index (χ4n) is 8.50. The van der Waals surface area contributed by atoms with Gasteiger partial charge in [-0.1, -0.05) is 36.2 Å². The lowest BCUT2D eigenvalue weighted by atomic mass is 9.94. The zero-order chi connectivity index (χ0) is 40.7. The molecule has 0 aliphatic carbocycles. The number of carbonyl (C=O) groups is 4. The Kier molecular flexibility index (Phi) is 14.1. The lowest BCUT2D eigenvalue weighted by molar-refractivity contribution is -0.154. The van der Waals surface area contributed by atoms with Crippen LogP contribution in [0.15, 0.2) is 36.4 Å². The van der Waals surface area contributed by atoms with Gasteiger partial charge in [-0.25, -0.2) is 9.59 Å². The Bertz CT molecular complexity index is 1750. The molecule has 17 heteroatoms. The Morgan fingerprint density at radius 1 is 0.965 bits per heavy atom. The highest BCUT2D eigenvalue weighted by atomic mass is 35.5. The second kappa shape index (κ2) is 19.0. The molecule has 4 amide bonds. The minimum absolute atomic E-state index is 0.0252. The third-order valence-corrected chi connectivity index (χ3v) is 11.9. The van der Waals surface area contributed by atoms with Gasteiger partial charge in [0.15, 0.2) is 6.10 Å². The molecular formula is C40H53ClF3N7O6. The fraction of sp³-hybridized carbons (Fsp3) is 0.600. The minimum Gasteiger partial charge on any atom is -0.464 e. The number of nitrogens with one attached hydrogen (secondary N) is 2. The molecule has 4 heterocycles. The molecule has 0 bridgehead atoms. The molecule has 3 saturated heterocycles. The summed E-state index contributed by atoms with van der Waals surface area (Å²) in [6.45, 7) is 3.47. The van der Waals surface area contributed by atoms with Crippen molar-refractivity contribution in [2.75, 3.05) is 70.5 Å². The summed E-state index contributed by atoms with van der Waals surface area (Å²) in [5.41, 5.74) is 5.79. The maximum Gasteiger partial charge on any atom is 0.418 e. The van der Waals surface area contributed by atoms with Crippen molar-refractivity contribution in [3.05, 3.63) is 58.1 Å². The van der Waals surface area contributed by atoms with E-state index in [0.717, 1.165) is 43.2 Å². The first-order valence-corrected chi connectivity index (χ1v) is 20.3. The fourth-order valence-corrected chi connectivity index (χ4v) is 8.74. The van der Waals surface area contributed by atoms with Gasteiger partial charge in [-0.05, 0) is 101 Å². The number of urea groups is 1. The van der Waals surface area contributed by atoms with Gasteiger partial charge in [-0.3, -0.25) is 14.5 Å². The van der Waals surface area contributed by atoms with E-state index in [1.807, 2.05) is 31.3 Å². The molecule has 57 heavy (non-hydrogen) atoms. The number of esters is 1. The number of carbonyl (C=O) groups excluding carboxylic acids is 4. The smallest absolute Gasteiger partial charge is 0.418 e. The standard InChI is InChI=1S/C40H53ClF3N7O6/c1-46-15-6-22-56-37(53)33-9-4-5-16-50(33)28-11-17-48(18-12-28)36(52)34(25-26-23-30(40(42,43)44)35(45)31(41)24-26)57-39(55)49-19-13-29(14-20-49)51-21-10-27-7-2-3-8-32(27)47-38(51)54/h2-3,7-8,23-24,28-29,33-34,46H,4-6,9-22,25,45H2,1H3,(H,47,54)/t33-,34+/m0/s1. The molecule has 0 unspecified atom stereocenters. The number of alkyl halides is 3. The number of nitrogen functional groups attached to an aromatic ring is 1. The second-order valence-corrected chi connectivity index (χ2v) is 15.7. The number of nitrogens with two attached hydrogens (primary N) is 1. The first-order valence-electron chi connectivity index (χ1n) is 20.0. The van der Waals surface area contributed by atoms with Crippen LogP contribution in [0, 0.1) is 0 Å². The van der Waals surface area contributed by atoms with Gasteiger partial charge in [0.2, 0.25) is 0 Å². The predicted molar refractivity (Wildman–Crippen MR) is 209 cm³/mol. The number of amides is 4. The van der Waals surface area contributed by atoms with Crippen molar-refractivity contribution in [2.24, 2.45) is 0 Å². The highest BCUT2D eigenvalue weighted by Gasteiger charge is 2.40. The monoisotopic (exact) mass is 819 g/mol. The van der Waals surface area contributed by atoms with Crippen LogP contribution in [0.25, 0.3) is 0 Å². The third kappa shape index (κ3) is 10.4. The van der Waals surface area contributed by atoms with E-state index in [2.05, 4.69) is 15.5 Å². The number of piperidine rings is 3. The molecule has 0 spiro atoms. The predicted octanol–water partition coefficient (Wildman–Crippen LogP) is 5.54. The first kappa shape index (κ1) is 42.3. The zero-order valence-corrected chi connectivity index (χ0v) is 33.1. The number of anilines is 2. The van der Waals surface area contributed by atoms with Gasteiger partial charge in [-0.2, -0.15) is 13.2 Å². The molecule has 3 fully saturated rings. The van der Waals surface area contributed by atoms with Gasteiger partial charge in [-0.15, -0.1) is 0 Å². The van der Waals surface area contributed by atoms with Gasteiger partial charge >= 0.3 is 24.3 Å². The van der Waals surface area contributed by atoms with E-state index in [-0.39, 0.29) is 60.2 Å². The van der Waals surface area contributed by atoms with Gasteiger partial charge in [0.1, 0.15) is 6.04 Å². The molecule has 0 aromatic heterocycles. The highest BCUT2D eigenvalue weighted by molar-refractivity contribution is 6.33. The maximum atomic E-state index is 14.2. The summed E-state index contributed by atoms with van der Waals surface area (Å²) in [6.07, 6.45) is -1.32. The largest absolute Gasteiger partial charge is 0.464 e. The molecule has 2 aromatic rings. The molecule has 2 atom stereocenters. The van der Waals surface area contributed by atoms with Gasteiger partial charge in [0.05, 0.1) is 22.9 Å². The Morgan fingerprint density at radius 3 is 2.39 bits per heavy atom.